The van der Waals surface area contributed by atoms with Crippen LogP contribution in [-0.4, -0.2) is 52.5 Å². The smallest absolute Gasteiger partial charge is 0.337 e. The number of rotatable bonds is 6. The molecule has 8 heteroatoms. The minimum Gasteiger partial charge on any atom is -0.464 e. The van der Waals surface area contributed by atoms with Crippen LogP contribution < -0.4 is 5.32 Å². The molecule has 8 nitrogen and oxygen atoms in total. The third kappa shape index (κ3) is 4.15. The number of nitrogens with one attached hydrogen (secondary N) is 1. The Hall–Kier alpha value is -3.23. The topological polar surface area (TPSA) is 122 Å². The van der Waals surface area contributed by atoms with Gasteiger partial charge in [-0.3, -0.25) is 9.59 Å². The third-order valence-electron chi connectivity index (χ3n) is 10.0. The summed E-state index contributed by atoms with van der Waals surface area (Å²) in [5, 5.41) is 25.9. The van der Waals surface area contributed by atoms with E-state index in [-0.39, 0.29) is 36.2 Å². The Kier molecular flexibility index (Phi) is 6.16. The van der Waals surface area contributed by atoms with Crippen molar-refractivity contribution in [2.75, 3.05) is 6.61 Å². The molecule has 0 radical (unpaired) electrons. The maximum Gasteiger partial charge on any atom is 0.337 e. The van der Waals surface area contributed by atoms with Gasteiger partial charge in [0.25, 0.3) is 5.91 Å². The van der Waals surface area contributed by atoms with E-state index in [0.717, 1.165) is 6.42 Å². The van der Waals surface area contributed by atoms with Crippen molar-refractivity contribution in [1.29, 1.82) is 0 Å². The van der Waals surface area contributed by atoms with Crippen LogP contribution in [-0.2, 0) is 19.1 Å². The van der Waals surface area contributed by atoms with E-state index in [0.29, 0.717) is 24.0 Å². The SMILES string of the molecule is CC1(C)C[C@H]2[C@@H](OC(=O)[C@H](O)[C@@H](NC(=O)c3ccccc3)c3ccccc3)C34COC(=O)C3(C4)C[C@@](C)(O)[C@H]2C1. The molecule has 2 aromatic rings. The van der Waals surface area contributed by atoms with Gasteiger partial charge in [-0.2, -0.15) is 0 Å². The highest BCUT2D eigenvalue weighted by atomic mass is 16.6. The molecule has 1 heterocycles. The number of aliphatic hydroxyl groups excluding tert-OH is 1. The average molecular weight is 548 g/mol. The Morgan fingerprint density at radius 2 is 1.65 bits per heavy atom. The molecule has 3 N–H and O–H groups in total. The summed E-state index contributed by atoms with van der Waals surface area (Å²) in [6, 6.07) is 16.4. The number of hydrogen-bond donors (Lipinski definition) is 3. The molecule has 4 fully saturated rings. The molecule has 40 heavy (non-hydrogen) atoms. The lowest BCUT2D eigenvalue weighted by Gasteiger charge is -2.38. The van der Waals surface area contributed by atoms with E-state index in [9.17, 15) is 24.6 Å². The quantitative estimate of drug-likeness (QED) is 0.473. The van der Waals surface area contributed by atoms with E-state index in [1.807, 2.05) is 6.07 Å². The molecule has 0 spiro atoms. The van der Waals surface area contributed by atoms with Crippen LogP contribution in [0.1, 0.15) is 68.4 Å². The molecule has 6 rings (SSSR count). The molecule has 1 aliphatic heterocycles. The summed E-state index contributed by atoms with van der Waals surface area (Å²) in [6.07, 6.45) is -0.202. The van der Waals surface area contributed by atoms with Crippen molar-refractivity contribution in [2.24, 2.45) is 28.1 Å². The fraction of sp³-hybridized carbons (Fsp3) is 0.531. The molecule has 2 aromatic carbocycles. The minimum absolute atomic E-state index is 0.0895. The first-order valence-electron chi connectivity index (χ1n) is 14.1. The fourth-order valence-electron chi connectivity index (χ4n) is 8.17. The lowest BCUT2D eigenvalue weighted by molar-refractivity contribution is -0.172. The number of hydrogen-bond acceptors (Lipinski definition) is 7. The van der Waals surface area contributed by atoms with Crippen molar-refractivity contribution >= 4 is 17.8 Å². The standard InChI is InChI=1S/C32H37NO7/c1-29(2)14-21-22(15-29)30(3,38)16-31-17-32(31,18-39-28(31)37)25(21)40-27(36)24(34)23(19-10-6-4-7-11-19)33-26(35)20-12-8-5-9-13-20/h4-13,21-25,34,38H,14-18H2,1-3H3,(H,33,35)/t21-,22+,23+,24-,25-,30-,31?,32?/m1/s1. The van der Waals surface area contributed by atoms with Crippen molar-refractivity contribution in [3.8, 4) is 0 Å². The molecular formula is C32H37NO7. The van der Waals surface area contributed by atoms with Gasteiger partial charge in [-0.25, -0.2) is 4.79 Å². The number of ether oxygens (including phenoxy) is 2. The van der Waals surface area contributed by atoms with E-state index >= 15 is 0 Å². The van der Waals surface area contributed by atoms with Gasteiger partial charge in [-0.15, -0.1) is 0 Å². The molecule has 4 aliphatic rings. The second-order valence-electron chi connectivity index (χ2n) is 13.4. The average Bonchev–Trinajstić information content (AvgIpc) is 3.34. The van der Waals surface area contributed by atoms with Crippen molar-refractivity contribution in [2.45, 2.75) is 70.3 Å². The van der Waals surface area contributed by atoms with Crippen LogP contribution in [0.3, 0.4) is 0 Å². The molecule has 3 saturated carbocycles. The van der Waals surface area contributed by atoms with Crippen LogP contribution in [0.5, 0.6) is 0 Å². The predicted molar refractivity (Wildman–Crippen MR) is 145 cm³/mol. The molecule has 2 unspecified atom stereocenters. The number of carbonyl (C=O) groups is 3. The second kappa shape index (κ2) is 9.14. The van der Waals surface area contributed by atoms with Gasteiger partial charge in [0, 0.05) is 11.5 Å². The zero-order valence-electron chi connectivity index (χ0n) is 23.1. The minimum atomic E-state index is -1.70. The number of amides is 1. The first kappa shape index (κ1) is 27.0. The first-order valence-corrected chi connectivity index (χ1v) is 14.1. The first-order chi connectivity index (χ1) is 18.9. The van der Waals surface area contributed by atoms with Crippen LogP contribution in [0.2, 0.25) is 0 Å². The second-order valence-corrected chi connectivity index (χ2v) is 13.4. The van der Waals surface area contributed by atoms with Crippen LogP contribution >= 0.6 is 0 Å². The third-order valence-corrected chi connectivity index (χ3v) is 10.0. The van der Waals surface area contributed by atoms with E-state index < -0.39 is 46.6 Å². The maximum atomic E-state index is 13.8. The van der Waals surface area contributed by atoms with Gasteiger partial charge in [0.2, 0.25) is 0 Å². The van der Waals surface area contributed by atoms with Gasteiger partial charge in [0.1, 0.15) is 12.7 Å². The van der Waals surface area contributed by atoms with Crippen molar-refractivity contribution in [1.82, 2.24) is 5.32 Å². The highest BCUT2D eigenvalue weighted by Crippen LogP contribution is 2.78. The Bertz CT molecular complexity index is 1330. The lowest BCUT2D eigenvalue weighted by Crippen LogP contribution is -2.47. The summed E-state index contributed by atoms with van der Waals surface area (Å²) in [5.41, 5.74) is -1.87. The van der Waals surface area contributed by atoms with Gasteiger partial charge in [0.15, 0.2) is 6.10 Å². The number of fused-ring (bicyclic) bond motifs is 1. The summed E-state index contributed by atoms with van der Waals surface area (Å²) in [7, 11) is 0. The highest BCUT2D eigenvalue weighted by molar-refractivity contribution is 5.95. The molecule has 0 aromatic heterocycles. The van der Waals surface area contributed by atoms with Gasteiger partial charge < -0.3 is 25.0 Å². The largest absolute Gasteiger partial charge is 0.464 e. The Labute approximate surface area is 234 Å². The molecule has 0 bridgehead atoms. The predicted octanol–water partition coefficient (Wildman–Crippen LogP) is 3.57. The zero-order chi connectivity index (χ0) is 28.5. The van der Waals surface area contributed by atoms with Gasteiger partial charge >= 0.3 is 11.9 Å². The van der Waals surface area contributed by atoms with Gasteiger partial charge in [-0.1, -0.05) is 62.4 Å². The summed E-state index contributed by atoms with van der Waals surface area (Å²) in [6.45, 7) is 6.21. The van der Waals surface area contributed by atoms with E-state index in [2.05, 4.69) is 19.2 Å². The van der Waals surface area contributed by atoms with Crippen molar-refractivity contribution in [3.63, 3.8) is 0 Å². The van der Waals surface area contributed by atoms with Crippen LogP contribution in [0.15, 0.2) is 60.7 Å². The maximum absolute atomic E-state index is 13.8. The van der Waals surface area contributed by atoms with Gasteiger partial charge in [-0.05, 0) is 61.6 Å². The Morgan fingerprint density at radius 3 is 2.33 bits per heavy atom. The molecule has 8 atom stereocenters. The molecule has 1 saturated heterocycles. The summed E-state index contributed by atoms with van der Waals surface area (Å²) >= 11 is 0. The number of cyclic esters (lactones) is 1. The Morgan fingerprint density at radius 1 is 1.00 bits per heavy atom. The van der Waals surface area contributed by atoms with Crippen molar-refractivity contribution in [3.05, 3.63) is 71.8 Å². The zero-order valence-corrected chi connectivity index (χ0v) is 23.1. The summed E-state index contributed by atoms with van der Waals surface area (Å²) < 4.78 is 11.8. The van der Waals surface area contributed by atoms with Crippen molar-refractivity contribution < 1.29 is 34.1 Å². The summed E-state index contributed by atoms with van der Waals surface area (Å²) in [5.74, 6) is -2.02. The normalized spacial score (nSPS) is 36.6. The molecule has 212 valence electrons. The van der Waals surface area contributed by atoms with E-state index in [4.69, 9.17) is 9.47 Å². The molecule has 3 aliphatic carbocycles. The fourth-order valence-corrected chi connectivity index (χ4v) is 8.17. The highest BCUT2D eigenvalue weighted by Gasteiger charge is 2.85. The molecule has 1 amide bonds. The number of benzene rings is 2. The van der Waals surface area contributed by atoms with Crippen LogP contribution in [0, 0.1) is 28.1 Å². The number of carbonyl (C=O) groups excluding carboxylic acids is 3. The summed E-state index contributed by atoms with van der Waals surface area (Å²) in [4.78, 5) is 39.9. The van der Waals surface area contributed by atoms with Crippen LogP contribution in [0.25, 0.3) is 0 Å². The molecular weight excluding hydrogens is 510 g/mol. The number of aliphatic hydroxyl groups is 2. The van der Waals surface area contributed by atoms with Crippen LogP contribution in [0.4, 0.5) is 0 Å². The van der Waals surface area contributed by atoms with E-state index in [1.54, 1.807) is 61.5 Å². The monoisotopic (exact) mass is 547 g/mol. The lowest BCUT2D eigenvalue weighted by atomic mass is 9.76. The Balaban J connectivity index is 1.32. The number of esters is 2. The van der Waals surface area contributed by atoms with E-state index in [1.165, 1.54) is 0 Å². The van der Waals surface area contributed by atoms with Gasteiger partial charge in [0.05, 0.1) is 22.5 Å².